The van der Waals surface area contributed by atoms with Crippen molar-refractivity contribution in [2.45, 2.75) is 52.1 Å². The number of benzene rings is 1. The number of methoxy groups -OCH3 is 1. The molecule has 0 aliphatic heterocycles. The van der Waals surface area contributed by atoms with E-state index in [1.54, 1.807) is 7.11 Å². The number of nitrogens with one attached hydrogen (secondary N) is 1. The smallest absolute Gasteiger partial charge is 0.308 e. The van der Waals surface area contributed by atoms with Gasteiger partial charge in [-0.2, -0.15) is 0 Å². The van der Waals surface area contributed by atoms with Gasteiger partial charge in [0, 0.05) is 12.6 Å². The van der Waals surface area contributed by atoms with Crippen molar-refractivity contribution in [3.63, 3.8) is 0 Å². The number of carbonyl (C=O) groups excluding carboxylic acids is 1. The highest BCUT2D eigenvalue weighted by Gasteiger charge is 2.26. The highest BCUT2D eigenvalue weighted by molar-refractivity contribution is 5.72. The van der Waals surface area contributed by atoms with Gasteiger partial charge in [0.05, 0.1) is 26.2 Å². The minimum absolute atomic E-state index is 0.0348. The molecule has 0 atom stereocenters. The van der Waals surface area contributed by atoms with E-state index in [2.05, 4.69) is 11.4 Å². The Morgan fingerprint density at radius 2 is 1.88 bits per heavy atom. The Morgan fingerprint density at radius 1 is 1.12 bits per heavy atom. The average molecular weight is 335 g/mol. The van der Waals surface area contributed by atoms with Crippen LogP contribution in [0, 0.1) is 5.92 Å². The van der Waals surface area contributed by atoms with Gasteiger partial charge in [-0.3, -0.25) is 4.79 Å². The van der Waals surface area contributed by atoms with Crippen LogP contribution in [0.1, 0.15) is 45.1 Å². The first-order chi connectivity index (χ1) is 11.7. The van der Waals surface area contributed by atoms with Gasteiger partial charge in [-0.1, -0.05) is 6.07 Å². The molecule has 1 aliphatic carbocycles. The lowest BCUT2D eigenvalue weighted by atomic mass is 9.86. The predicted octanol–water partition coefficient (Wildman–Crippen LogP) is 3.31. The second kappa shape index (κ2) is 9.52. The maximum atomic E-state index is 11.8. The number of esters is 1. The number of carbonyl (C=O) groups is 1. The first-order valence-corrected chi connectivity index (χ1v) is 8.87. The van der Waals surface area contributed by atoms with Crippen LogP contribution in [0.15, 0.2) is 18.2 Å². The Hall–Kier alpha value is -1.75. The zero-order valence-corrected chi connectivity index (χ0v) is 15.0. The molecule has 0 radical (unpaired) electrons. The van der Waals surface area contributed by atoms with Crippen LogP contribution in [0.3, 0.4) is 0 Å². The van der Waals surface area contributed by atoms with Gasteiger partial charge in [0.2, 0.25) is 0 Å². The summed E-state index contributed by atoms with van der Waals surface area (Å²) in [5.74, 6) is 1.59. The van der Waals surface area contributed by atoms with E-state index < -0.39 is 0 Å². The first-order valence-electron chi connectivity index (χ1n) is 8.87. The standard InChI is InChI=1S/C19H29NO4/c1-4-23-18-12-14(6-11-17(18)22-3)13-20-16-9-7-15(8-10-16)19(21)24-5-2/h6,11-12,15-16,20H,4-5,7-10,13H2,1-3H3. The Morgan fingerprint density at radius 3 is 2.50 bits per heavy atom. The molecular weight excluding hydrogens is 306 g/mol. The van der Waals surface area contributed by atoms with E-state index in [1.165, 1.54) is 5.56 Å². The maximum absolute atomic E-state index is 11.8. The van der Waals surface area contributed by atoms with E-state index in [0.29, 0.717) is 19.3 Å². The van der Waals surface area contributed by atoms with Crippen LogP contribution >= 0.6 is 0 Å². The molecule has 0 spiro atoms. The maximum Gasteiger partial charge on any atom is 0.308 e. The van der Waals surface area contributed by atoms with Crippen LogP contribution in [0.4, 0.5) is 0 Å². The van der Waals surface area contributed by atoms with Crippen LogP contribution < -0.4 is 14.8 Å². The van der Waals surface area contributed by atoms with E-state index in [9.17, 15) is 4.79 Å². The van der Waals surface area contributed by atoms with Gasteiger partial charge in [0.25, 0.3) is 0 Å². The summed E-state index contributed by atoms with van der Waals surface area (Å²) >= 11 is 0. The SMILES string of the molecule is CCOC(=O)C1CCC(NCc2ccc(OC)c(OCC)c2)CC1. The average Bonchev–Trinajstić information content (AvgIpc) is 2.61. The van der Waals surface area contributed by atoms with Crippen LogP contribution in [-0.4, -0.2) is 32.3 Å². The lowest BCUT2D eigenvalue weighted by molar-refractivity contribution is -0.149. The molecule has 134 valence electrons. The van der Waals surface area contributed by atoms with Crippen molar-refractivity contribution in [2.75, 3.05) is 20.3 Å². The fourth-order valence-corrected chi connectivity index (χ4v) is 3.15. The van der Waals surface area contributed by atoms with Crippen LogP contribution in [0.2, 0.25) is 0 Å². The fourth-order valence-electron chi connectivity index (χ4n) is 3.15. The molecule has 5 nitrogen and oxygen atoms in total. The molecule has 1 N–H and O–H groups in total. The molecular formula is C19H29NO4. The second-order valence-electron chi connectivity index (χ2n) is 6.10. The van der Waals surface area contributed by atoms with Gasteiger partial charge in [0.1, 0.15) is 0 Å². The van der Waals surface area contributed by atoms with E-state index in [0.717, 1.165) is 43.7 Å². The minimum Gasteiger partial charge on any atom is -0.493 e. The number of hydrogen-bond acceptors (Lipinski definition) is 5. The second-order valence-corrected chi connectivity index (χ2v) is 6.10. The summed E-state index contributed by atoms with van der Waals surface area (Å²) in [4.78, 5) is 11.8. The van der Waals surface area contributed by atoms with Gasteiger partial charge >= 0.3 is 5.97 Å². The van der Waals surface area contributed by atoms with Crippen LogP contribution in [0.25, 0.3) is 0 Å². The summed E-state index contributed by atoms with van der Waals surface area (Å²) in [5, 5.41) is 3.59. The van der Waals surface area contributed by atoms with Gasteiger partial charge in [-0.15, -0.1) is 0 Å². The van der Waals surface area contributed by atoms with Crippen molar-refractivity contribution in [3.8, 4) is 11.5 Å². The molecule has 0 amide bonds. The van der Waals surface area contributed by atoms with Gasteiger partial charge in [-0.25, -0.2) is 0 Å². The van der Waals surface area contributed by atoms with Crippen LogP contribution in [-0.2, 0) is 16.1 Å². The summed E-state index contributed by atoms with van der Waals surface area (Å²) in [7, 11) is 1.65. The van der Waals surface area contributed by atoms with Crippen molar-refractivity contribution < 1.29 is 19.0 Å². The summed E-state index contributed by atoms with van der Waals surface area (Å²) < 4.78 is 16.1. The van der Waals surface area contributed by atoms with Crippen molar-refractivity contribution >= 4 is 5.97 Å². The van der Waals surface area contributed by atoms with Gasteiger partial charge in [-0.05, 0) is 57.2 Å². The molecule has 2 rings (SSSR count). The van der Waals surface area contributed by atoms with Crippen LogP contribution in [0.5, 0.6) is 11.5 Å². The summed E-state index contributed by atoms with van der Waals surface area (Å²) in [6.07, 6.45) is 3.84. The Balaban J connectivity index is 1.82. The third-order valence-corrected chi connectivity index (χ3v) is 4.47. The van der Waals surface area contributed by atoms with Crippen molar-refractivity contribution in [3.05, 3.63) is 23.8 Å². The molecule has 5 heteroatoms. The summed E-state index contributed by atoms with van der Waals surface area (Å²) in [6, 6.07) is 6.48. The summed E-state index contributed by atoms with van der Waals surface area (Å²) in [5.41, 5.74) is 1.17. The molecule has 0 heterocycles. The van der Waals surface area contributed by atoms with E-state index in [-0.39, 0.29) is 11.9 Å². The normalized spacial score (nSPS) is 20.5. The number of rotatable bonds is 8. The van der Waals surface area contributed by atoms with Crippen molar-refractivity contribution in [1.29, 1.82) is 0 Å². The molecule has 1 fully saturated rings. The van der Waals surface area contributed by atoms with E-state index in [1.807, 2.05) is 26.0 Å². The Bertz CT molecular complexity index is 524. The van der Waals surface area contributed by atoms with E-state index in [4.69, 9.17) is 14.2 Å². The fraction of sp³-hybridized carbons (Fsp3) is 0.632. The zero-order chi connectivity index (χ0) is 17.4. The molecule has 0 aromatic heterocycles. The highest BCUT2D eigenvalue weighted by atomic mass is 16.5. The highest BCUT2D eigenvalue weighted by Crippen LogP contribution is 2.29. The minimum atomic E-state index is -0.0348. The quantitative estimate of drug-likeness (QED) is 0.739. The van der Waals surface area contributed by atoms with Gasteiger partial charge < -0.3 is 19.5 Å². The topological polar surface area (TPSA) is 56.8 Å². The number of hydrogen-bond donors (Lipinski definition) is 1. The lowest BCUT2D eigenvalue weighted by Crippen LogP contribution is -2.35. The molecule has 0 unspecified atom stereocenters. The molecule has 1 aromatic carbocycles. The zero-order valence-electron chi connectivity index (χ0n) is 15.0. The largest absolute Gasteiger partial charge is 0.493 e. The van der Waals surface area contributed by atoms with E-state index >= 15 is 0 Å². The lowest BCUT2D eigenvalue weighted by Gasteiger charge is -2.28. The molecule has 0 saturated heterocycles. The molecule has 0 bridgehead atoms. The molecule has 1 saturated carbocycles. The third-order valence-electron chi connectivity index (χ3n) is 4.47. The Kier molecular flexibility index (Phi) is 7.37. The first kappa shape index (κ1) is 18.6. The number of ether oxygens (including phenoxy) is 3. The van der Waals surface area contributed by atoms with Crippen molar-refractivity contribution in [2.24, 2.45) is 5.92 Å². The monoisotopic (exact) mass is 335 g/mol. The predicted molar refractivity (Wildman–Crippen MR) is 93.4 cm³/mol. The summed E-state index contributed by atoms with van der Waals surface area (Å²) in [6.45, 7) is 5.70. The molecule has 24 heavy (non-hydrogen) atoms. The molecule has 1 aliphatic rings. The van der Waals surface area contributed by atoms with Gasteiger partial charge in [0.15, 0.2) is 11.5 Å². The Labute approximate surface area is 144 Å². The van der Waals surface area contributed by atoms with Crippen molar-refractivity contribution in [1.82, 2.24) is 5.32 Å². The third kappa shape index (κ3) is 5.13. The molecule has 1 aromatic rings.